The second kappa shape index (κ2) is 5.93. The standard InChI is InChI=1S/C14H20N4OS/c1-19-12-4-2-3-11-13(12)16-14(15)18(11)6-5-17-7-9-20-10-8-17/h2-4H,5-10H2,1H3,(H2,15,16). The van der Waals surface area contributed by atoms with Crippen LogP contribution in [0.3, 0.4) is 0 Å². The van der Waals surface area contributed by atoms with E-state index in [0.717, 1.165) is 29.9 Å². The van der Waals surface area contributed by atoms with Crippen LogP contribution < -0.4 is 10.5 Å². The second-order valence-corrected chi connectivity index (χ2v) is 6.13. The first kappa shape index (κ1) is 13.6. The van der Waals surface area contributed by atoms with Crippen LogP contribution in [-0.2, 0) is 6.54 Å². The Bertz CT molecular complexity index is 592. The molecule has 0 spiro atoms. The summed E-state index contributed by atoms with van der Waals surface area (Å²) in [6, 6.07) is 5.95. The molecule has 1 aliphatic rings. The average molecular weight is 292 g/mol. The Labute approximate surface area is 123 Å². The molecule has 0 aliphatic carbocycles. The van der Waals surface area contributed by atoms with Crippen molar-refractivity contribution in [1.82, 2.24) is 14.5 Å². The highest BCUT2D eigenvalue weighted by Crippen LogP contribution is 2.26. The van der Waals surface area contributed by atoms with E-state index in [-0.39, 0.29) is 0 Å². The predicted molar refractivity (Wildman–Crippen MR) is 84.5 cm³/mol. The number of hydrogen-bond donors (Lipinski definition) is 1. The van der Waals surface area contributed by atoms with Crippen molar-refractivity contribution in [2.75, 3.05) is 44.0 Å². The van der Waals surface area contributed by atoms with Gasteiger partial charge in [-0.05, 0) is 12.1 Å². The van der Waals surface area contributed by atoms with E-state index in [1.807, 2.05) is 30.0 Å². The molecule has 1 saturated heterocycles. The molecule has 0 amide bonds. The quantitative estimate of drug-likeness (QED) is 0.929. The minimum absolute atomic E-state index is 0.566. The predicted octanol–water partition coefficient (Wildman–Crippen LogP) is 1.68. The van der Waals surface area contributed by atoms with E-state index in [1.54, 1.807) is 7.11 Å². The summed E-state index contributed by atoms with van der Waals surface area (Å²) < 4.78 is 7.43. The van der Waals surface area contributed by atoms with Crippen molar-refractivity contribution in [2.24, 2.45) is 0 Å². The summed E-state index contributed by atoms with van der Waals surface area (Å²) in [4.78, 5) is 6.93. The maximum Gasteiger partial charge on any atom is 0.201 e. The lowest BCUT2D eigenvalue weighted by Crippen LogP contribution is -2.35. The van der Waals surface area contributed by atoms with Crippen LogP contribution in [0.2, 0.25) is 0 Å². The number of nitrogen functional groups attached to an aromatic ring is 1. The molecular weight excluding hydrogens is 272 g/mol. The van der Waals surface area contributed by atoms with Crippen molar-refractivity contribution < 1.29 is 4.74 Å². The van der Waals surface area contributed by atoms with E-state index < -0.39 is 0 Å². The smallest absolute Gasteiger partial charge is 0.201 e. The largest absolute Gasteiger partial charge is 0.494 e. The fourth-order valence-corrected chi connectivity index (χ4v) is 3.58. The van der Waals surface area contributed by atoms with Gasteiger partial charge < -0.3 is 15.0 Å². The summed E-state index contributed by atoms with van der Waals surface area (Å²) in [5.41, 5.74) is 7.96. The molecule has 20 heavy (non-hydrogen) atoms. The maximum atomic E-state index is 6.07. The monoisotopic (exact) mass is 292 g/mol. The zero-order valence-corrected chi connectivity index (χ0v) is 12.5. The van der Waals surface area contributed by atoms with Gasteiger partial charge in [0.1, 0.15) is 11.3 Å². The van der Waals surface area contributed by atoms with Gasteiger partial charge in [-0.1, -0.05) is 6.07 Å². The molecule has 0 atom stereocenters. The normalized spacial score (nSPS) is 16.6. The second-order valence-electron chi connectivity index (χ2n) is 4.90. The number of rotatable bonds is 4. The molecule has 3 rings (SSSR count). The molecule has 2 aromatic rings. The maximum absolute atomic E-state index is 6.07. The lowest BCUT2D eigenvalue weighted by atomic mass is 10.3. The van der Waals surface area contributed by atoms with Crippen molar-refractivity contribution in [1.29, 1.82) is 0 Å². The van der Waals surface area contributed by atoms with Gasteiger partial charge in [0, 0.05) is 37.7 Å². The van der Waals surface area contributed by atoms with Gasteiger partial charge in [-0.25, -0.2) is 4.98 Å². The van der Waals surface area contributed by atoms with E-state index in [0.29, 0.717) is 5.95 Å². The number of ether oxygens (including phenoxy) is 1. The van der Waals surface area contributed by atoms with E-state index >= 15 is 0 Å². The lowest BCUT2D eigenvalue weighted by Gasteiger charge is -2.26. The molecule has 1 aromatic heterocycles. The fourth-order valence-electron chi connectivity index (χ4n) is 2.61. The molecule has 5 nitrogen and oxygen atoms in total. The first-order chi connectivity index (χ1) is 9.79. The Morgan fingerprint density at radius 1 is 1.30 bits per heavy atom. The number of para-hydroxylation sites is 1. The zero-order valence-electron chi connectivity index (χ0n) is 11.7. The average Bonchev–Trinajstić information content (AvgIpc) is 2.81. The summed E-state index contributed by atoms with van der Waals surface area (Å²) in [5, 5.41) is 0. The van der Waals surface area contributed by atoms with Gasteiger partial charge in [0.25, 0.3) is 0 Å². The van der Waals surface area contributed by atoms with Crippen molar-refractivity contribution in [2.45, 2.75) is 6.54 Å². The summed E-state index contributed by atoms with van der Waals surface area (Å²) in [5.74, 6) is 3.81. The molecule has 1 aliphatic heterocycles. The Hall–Kier alpha value is -1.40. The topological polar surface area (TPSA) is 56.3 Å². The summed E-state index contributed by atoms with van der Waals surface area (Å²) >= 11 is 2.03. The molecule has 6 heteroatoms. The number of nitrogens with zero attached hydrogens (tertiary/aromatic N) is 3. The molecule has 108 valence electrons. The van der Waals surface area contributed by atoms with Crippen LogP contribution >= 0.6 is 11.8 Å². The number of benzene rings is 1. The third-order valence-electron chi connectivity index (χ3n) is 3.73. The Morgan fingerprint density at radius 2 is 2.10 bits per heavy atom. The highest BCUT2D eigenvalue weighted by molar-refractivity contribution is 7.99. The summed E-state index contributed by atoms with van der Waals surface area (Å²) in [6.07, 6.45) is 0. The third kappa shape index (κ3) is 2.58. The number of anilines is 1. The van der Waals surface area contributed by atoms with Crippen LogP contribution in [0.4, 0.5) is 5.95 Å². The van der Waals surface area contributed by atoms with Gasteiger partial charge in [0.05, 0.1) is 12.6 Å². The molecule has 0 bridgehead atoms. The minimum Gasteiger partial charge on any atom is -0.494 e. The van der Waals surface area contributed by atoms with Crippen LogP contribution in [-0.4, -0.2) is 52.7 Å². The van der Waals surface area contributed by atoms with Gasteiger partial charge in [0.2, 0.25) is 5.95 Å². The lowest BCUT2D eigenvalue weighted by molar-refractivity contribution is 0.291. The Kier molecular flexibility index (Phi) is 4.03. The molecule has 0 radical (unpaired) electrons. The number of nitrogens with two attached hydrogens (primary N) is 1. The highest BCUT2D eigenvalue weighted by Gasteiger charge is 2.14. The van der Waals surface area contributed by atoms with Crippen molar-refractivity contribution in [3.8, 4) is 5.75 Å². The van der Waals surface area contributed by atoms with Gasteiger partial charge in [-0.3, -0.25) is 4.90 Å². The molecule has 0 saturated carbocycles. The Morgan fingerprint density at radius 3 is 2.85 bits per heavy atom. The number of imidazole rings is 1. The number of methoxy groups -OCH3 is 1. The highest BCUT2D eigenvalue weighted by atomic mass is 32.2. The van der Waals surface area contributed by atoms with Crippen LogP contribution in [0.1, 0.15) is 0 Å². The van der Waals surface area contributed by atoms with Gasteiger partial charge in [-0.2, -0.15) is 11.8 Å². The summed E-state index contributed by atoms with van der Waals surface area (Å²) in [6.45, 7) is 4.23. The van der Waals surface area contributed by atoms with Crippen molar-refractivity contribution >= 4 is 28.7 Å². The molecule has 2 heterocycles. The van der Waals surface area contributed by atoms with E-state index in [4.69, 9.17) is 10.5 Å². The van der Waals surface area contributed by atoms with Crippen molar-refractivity contribution in [3.05, 3.63) is 18.2 Å². The van der Waals surface area contributed by atoms with Crippen LogP contribution in [0, 0.1) is 0 Å². The number of thioether (sulfide) groups is 1. The first-order valence-corrected chi connectivity index (χ1v) is 8.04. The van der Waals surface area contributed by atoms with Crippen LogP contribution in [0.25, 0.3) is 11.0 Å². The van der Waals surface area contributed by atoms with Crippen molar-refractivity contribution in [3.63, 3.8) is 0 Å². The van der Waals surface area contributed by atoms with E-state index in [1.165, 1.54) is 24.6 Å². The molecule has 0 unspecified atom stereocenters. The van der Waals surface area contributed by atoms with Crippen LogP contribution in [0.5, 0.6) is 5.75 Å². The molecule has 1 aromatic carbocycles. The summed E-state index contributed by atoms with van der Waals surface area (Å²) in [7, 11) is 1.66. The molecule has 1 fully saturated rings. The van der Waals surface area contributed by atoms with E-state index in [9.17, 15) is 0 Å². The number of aromatic nitrogens is 2. The zero-order chi connectivity index (χ0) is 13.9. The van der Waals surface area contributed by atoms with Gasteiger partial charge >= 0.3 is 0 Å². The van der Waals surface area contributed by atoms with Crippen LogP contribution in [0.15, 0.2) is 18.2 Å². The van der Waals surface area contributed by atoms with E-state index in [2.05, 4.69) is 14.5 Å². The number of fused-ring (bicyclic) bond motifs is 1. The molecule has 2 N–H and O–H groups in total. The van der Waals surface area contributed by atoms with Gasteiger partial charge in [-0.15, -0.1) is 0 Å². The number of hydrogen-bond acceptors (Lipinski definition) is 5. The fraction of sp³-hybridized carbons (Fsp3) is 0.500. The Balaban J connectivity index is 1.82. The third-order valence-corrected chi connectivity index (χ3v) is 4.68. The van der Waals surface area contributed by atoms with Gasteiger partial charge in [0.15, 0.2) is 0 Å². The SMILES string of the molecule is COc1cccc2c1nc(N)n2CCN1CCSCC1. The first-order valence-electron chi connectivity index (χ1n) is 6.88. The minimum atomic E-state index is 0.566. The molecular formula is C14H20N4OS.